The number of halogens is 1. The maximum absolute atomic E-state index is 12.9. The third-order valence-electron chi connectivity index (χ3n) is 4.51. The molecule has 7 heteroatoms. The van der Waals surface area contributed by atoms with E-state index in [1.807, 2.05) is 37.3 Å². The zero-order chi connectivity index (χ0) is 22.2. The molecular weight excluding hydrogens is 399 g/mol. The van der Waals surface area contributed by atoms with Gasteiger partial charge in [-0.2, -0.15) is 0 Å². The summed E-state index contributed by atoms with van der Waals surface area (Å²) in [5, 5.41) is 5.48. The number of amides is 2. The fourth-order valence-corrected chi connectivity index (χ4v) is 2.88. The van der Waals surface area contributed by atoms with E-state index in [0.717, 1.165) is 17.7 Å². The molecule has 0 aliphatic rings. The molecule has 0 bridgehead atoms. The molecule has 0 unspecified atom stereocenters. The lowest BCUT2D eigenvalue weighted by Gasteiger charge is -2.16. The van der Waals surface area contributed by atoms with E-state index in [9.17, 15) is 18.8 Å². The lowest BCUT2D eigenvalue weighted by atomic mass is 10.1. The molecule has 0 heterocycles. The molecule has 0 saturated carbocycles. The molecule has 0 radical (unpaired) electrons. The van der Waals surface area contributed by atoms with Gasteiger partial charge < -0.3 is 15.4 Å². The van der Waals surface area contributed by atoms with Gasteiger partial charge in [-0.15, -0.1) is 0 Å². The van der Waals surface area contributed by atoms with Gasteiger partial charge in [-0.3, -0.25) is 9.59 Å². The molecule has 0 aromatic heterocycles. The summed E-state index contributed by atoms with van der Waals surface area (Å²) in [6, 6.07) is 20.6. The summed E-state index contributed by atoms with van der Waals surface area (Å²) in [5.74, 6) is -2.19. The second kappa shape index (κ2) is 10.2. The van der Waals surface area contributed by atoms with Crippen LogP contribution in [0.25, 0.3) is 0 Å². The Morgan fingerprint density at radius 2 is 1.55 bits per heavy atom. The molecule has 3 aromatic carbocycles. The van der Waals surface area contributed by atoms with Gasteiger partial charge in [0.2, 0.25) is 0 Å². The Bertz CT molecular complexity index is 1070. The van der Waals surface area contributed by atoms with Crippen molar-refractivity contribution in [2.75, 3.05) is 11.9 Å². The van der Waals surface area contributed by atoms with Crippen LogP contribution in [0.5, 0.6) is 0 Å². The first-order chi connectivity index (χ1) is 14.9. The predicted molar refractivity (Wildman–Crippen MR) is 114 cm³/mol. The minimum Gasteiger partial charge on any atom is -0.452 e. The lowest BCUT2D eigenvalue weighted by molar-refractivity contribution is -0.119. The lowest BCUT2D eigenvalue weighted by Crippen LogP contribution is -2.28. The van der Waals surface area contributed by atoms with Gasteiger partial charge in [0.1, 0.15) is 5.82 Å². The Hall–Kier alpha value is -4.00. The zero-order valence-electron chi connectivity index (χ0n) is 16.8. The molecule has 31 heavy (non-hydrogen) atoms. The molecular formula is C24H21FN2O4. The van der Waals surface area contributed by atoms with Crippen molar-refractivity contribution in [2.24, 2.45) is 0 Å². The van der Waals surface area contributed by atoms with Crippen LogP contribution in [0, 0.1) is 5.82 Å². The Morgan fingerprint density at radius 3 is 2.26 bits per heavy atom. The molecule has 0 spiro atoms. The van der Waals surface area contributed by atoms with Crippen LogP contribution in [-0.4, -0.2) is 24.4 Å². The molecule has 0 aliphatic heterocycles. The molecule has 6 nitrogen and oxygen atoms in total. The van der Waals surface area contributed by atoms with E-state index in [1.54, 1.807) is 24.3 Å². The van der Waals surface area contributed by atoms with E-state index in [-0.39, 0.29) is 23.1 Å². The number of para-hydroxylation sites is 1. The number of rotatable bonds is 7. The summed E-state index contributed by atoms with van der Waals surface area (Å²) in [4.78, 5) is 36.9. The number of benzene rings is 3. The van der Waals surface area contributed by atoms with Crippen molar-refractivity contribution in [2.45, 2.75) is 13.0 Å². The largest absolute Gasteiger partial charge is 0.452 e. The highest BCUT2D eigenvalue weighted by Gasteiger charge is 2.17. The summed E-state index contributed by atoms with van der Waals surface area (Å²) < 4.78 is 17.9. The minimum atomic E-state index is -0.752. The highest BCUT2D eigenvalue weighted by atomic mass is 19.1. The van der Waals surface area contributed by atoms with Gasteiger partial charge >= 0.3 is 5.97 Å². The highest BCUT2D eigenvalue weighted by Crippen LogP contribution is 2.18. The van der Waals surface area contributed by atoms with Crippen LogP contribution in [0.4, 0.5) is 10.1 Å². The molecule has 2 N–H and O–H groups in total. The molecule has 3 aromatic rings. The number of ether oxygens (including phenoxy) is 1. The van der Waals surface area contributed by atoms with Crippen molar-refractivity contribution in [3.63, 3.8) is 0 Å². The van der Waals surface area contributed by atoms with Gasteiger partial charge in [-0.1, -0.05) is 42.5 Å². The van der Waals surface area contributed by atoms with Crippen molar-refractivity contribution < 1.29 is 23.5 Å². The van der Waals surface area contributed by atoms with Crippen LogP contribution in [0.3, 0.4) is 0 Å². The number of carbonyl (C=O) groups is 3. The monoisotopic (exact) mass is 420 g/mol. The topological polar surface area (TPSA) is 84.5 Å². The number of hydrogen-bond donors (Lipinski definition) is 2. The Kier molecular flexibility index (Phi) is 7.11. The van der Waals surface area contributed by atoms with Gasteiger partial charge in [-0.25, -0.2) is 9.18 Å². The number of hydrogen-bond acceptors (Lipinski definition) is 4. The fraction of sp³-hybridized carbons (Fsp3) is 0.125. The number of anilines is 1. The van der Waals surface area contributed by atoms with Crippen LogP contribution < -0.4 is 10.6 Å². The van der Waals surface area contributed by atoms with Gasteiger partial charge in [0.25, 0.3) is 11.8 Å². The summed E-state index contributed by atoms with van der Waals surface area (Å²) >= 11 is 0. The van der Waals surface area contributed by atoms with E-state index in [0.29, 0.717) is 5.69 Å². The van der Waals surface area contributed by atoms with Crippen LogP contribution in [0.1, 0.15) is 39.2 Å². The third kappa shape index (κ3) is 5.99. The number of carbonyl (C=O) groups excluding carboxylic acids is 3. The van der Waals surface area contributed by atoms with Gasteiger partial charge in [-0.05, 0) is 48.9 Å². The molecule has 0 saturated heterocycles. The van der Waals surface area contributed by atoms with E-state index < -0.39 is 24.3 Å². The van der Waals surface area contributed by atoms with Gasteiger partial charge in [0.15, 0.2) is 6.61 Å². The van der Waals surface area contributed by atoms with Crippen LogP contribution in [-0.2, 0) is 9.53 Å². The summed E-state index contributed by atoms with van der Waals surface area (Å²) in [6.45, 7) is 1.32. The normalized spacial score (nSPS) is 11.3. The average Bonchev–Trinajstić information content (AvgIpc) is 2.79. The first kappa shape index (κ1) is 21.7. The Balaban J connectivity index is 1.60. The zero-order valence-corrected chi connectivity index (χ0v) is 16.8. The third-order valence-corrected chi connectivity index (χ3v) is 4.51. The van der Waals surface area contributed by atoms with Crippen molar-refractivity contribution >= 4 is 23.5 Å². The average molecular weight is 420 g/mol. The summed E-state index contributed by atoms with van der Waals surface area (Å²) in [7, 11) is 0. The molecule has 2 amide bonds. The molecule has 158 valence electrons. The maximum atomic E-state index is 12.9. The van der Waals surface area contributed by atoms with Gasteiger partial charge in [0, 0.05) is 0 Å². The van der Waals surface area contributed by atoms with Crippen LogP contribution >= 0.6 is 0 Å². The second-order valence-electron chi connectivity index (χ2n) is 6.78. The first-order valence-electron chi connectivity index (χ1n) is 9.61. The van der Waals surface area contributed by atoms with E-state index in [2.05, 4.69) is 10.6 Å². The molecule has 3 rings (SSSR count). The minimum absolute atomic E-state index is 0.129. The van der Waals surface area contributed by atoms with Gasteiger partial charge in [0.05, 0.1) is 22.9 Å². The highest BCUT2D eigenvalue weighted by molar-refractivity contribution is 6.04. The standard InChI is InChI=1S/C24H21FN2O4/c1-16(17-7-3-2-4-8-17)26-23(29)20-9-5-6-10-21(20)27-22(28)15-31-24(30)18-11-13-19(25)14-12-18/h2-14,16H,15H2,1H3,(H,26,29)(H,27,28)/t16-/m0/s1. The smallest absolute Gasteiger partial charge is 0.338 e. The number of esters is 1. The van der Waals surface area contributed by atoms with Crippen molar-refractivity contribution in [3.8, 4) is 0 Å². The maximum Gasteiger partial charge on any atom is 0.338 e. The number of nitrogens with one attached hydrogen (secondary N) is 2. The predicted octanol–water partition coefficient (Wildman–Crippen LogP) is 4.11. The van der Waals surface area contributed by atoms with E-state index in [1.165, 1.54) is 12.1 Å². The van der Waals surface area contributed by atoms with Crippen LogP contribution in [0.2, 0.25) is 0 Å². The fourth-order valence-electron chi connectivity index (χ4n) is 2.88. The van der Waals surface area contributed by atoms with Crippen molar-refractivity contribution in [1.29, 1.82) is 0 Å². The van der Waals surface area contributed by atoms with E-state index in [4.69, 9.17) is 4.74 Å². The van der Waals surface area contributed by atoms with Crippen molar-refractivity contribution in [3.05, 3.63) is 101 Å². The van der Waals surface area contributed by atoms with E-state index >= 15 is 0 Å². The summed E-state index contributed by atoms with van der Waals surface area (Å²) in [6.07, 6.45) is 0. The van der Waals surface area contributed by atoms with Crippen molar-refractivity contribution in [1.82, 2.24) is 5.32 Å². The SMILES string of the molecule is C[C@H](NC(=O)c1ccccc1NC(=O)COC(=O)c1ccc(F)cc1)c1ccccc1. The molecule has 1 atom stereocenters. The Morgan fingerprint density at radius 1 is 0.903 bits per heavy atom. The quantitative estimate of drug-likeness (QED) is 0.564. The molecule has 0 fully saturated rings. The second-order valence-corrected chi connectivity index (χ2v) is 6.78. The Labute approximate surface area is 179 Å². The summed E-state index contributed by atoms with van der Waals surface area (Å²) in [5.41, 5.74) is 1.65. The van der Waals surface area contributed by atoms with Crippen LogP contribution in [0.15, 0.2) is 78.9 Å². The first-order valence-corrected chi connectivity index (χ1v) is 9.61. The molecule has 0 aliphatic carbocycles.